The SMILES string of the molecule is Cc1cccc(CN/N=C2\C(=N)C(N)=NC(c3cccc(C#N)c3)=C2c2ccncn2)n1. The van der Waals surface area contributed by atoms with Crippen molar-refractivity contribution in [2.24, 2.45) is 15.8 Å². The van der Waals surface area contributed by atoms with Crippen LogP contribution in [0.1, 0.15) is 28.2 Å². The normalized spacial score (nSPS) is 14.8. The lowest BCUT2D eigenvalue weighted by atomic mass is 9.93. The number of nitrogens with one attached hydrogen (secondary N) is 2. The number of nitrogens with two attached hydrogens (primary N) is 1. The highest BCUT2D eigenvalue weighted by atomic mass is 15.3. The van der Waals surface area contributed by atoms with Gasteiger partial charge in [0.2, 0.25) is 0 Å². The summed E-state index contributed by atoms with van der Waals surface area (Å²) in [6.45, 7) is 2.28. The number of hydrogen-bond acceptors (Lipinski definition) is 9. The maximum Gasteiger partial charge on any atom is 0.151 e. The van der Waals surface area contributed by atoms with E-state index in [0.717, 1.165) is 11.4 Å². The van der Waals surface area contributed by atoms with Gasteiger partial charge in [-0.1, -0.05) is 18.2 Å². The highest BCUT2D eigenvalue weighted by Gasteiger charge is 2.28. The molecule has 156 valence electrons. The van der Waals surface area contributed by atoms with Crippen molar-refractivity contribution in [3.8, 4) is 6.07 Å². The molecule has 0 saturated carbocycles. The molecule has 4 N–H and O–H groups in total. The number of nitrogens with zero attached hydrogens (tertiary/aromatic N) is 6. The number of nitriles is 1. The van der Waals surface area contributed by atoms with Crippen molar-refractivity contribution >= 4 is 28.5 Å². The zero-order chi connectivity index (χ0) is 22.5. The Bertz CT molecular complexity index is 1310. The molecule has 1 aromatic carbocycles. The first kappa shape index (κ1) is 20.6. The molecular weight excluding hydrogens is 402 g/mol. The van der Waals surface area contributed by atoms with Crippen LogP contribution in [0.5, 0.6) is 0 Å². The number of amidine groups is 1. The highest BCUT2D eigenvalue weighted by Crippen LogP contribution is 2.31. The summed E-state index contributed by atoms with van der Waals surface area (Å²) in [5.74, 6) is 0.0226. The summed E-state index contributed by atoms with van der Waals surface area (Å²) in [7, 11) is 0. The Morgan fingerprint density at radius 2 is 2.03 bits per heavy atom. The number of benzene rings is 1. The summed E-state index contributed by atoms with van der Waals surface area (Å²) in [6, 6.07) is 16.6. The highest BCUT2D eigenvalue weighted by molar-refractivity contribution is 6.77. The first-order valence-electron chi connectivity index (χ1n) is 9.75. The van der Waals surface area contributed by atoms with Crippen LogP contribution in [0.25, 0.3) is 11.3 Å². The molecular formula is C23H19N9. The van der Waals surface area contributed by atoms with Gasteiger partial charge in [0, 0.05) is 17.5 Å². The molecule has 4 rings (SSSR count). The lowest BCUT2D eigenvalue weighted by molar-refractivity contribution is 0.725. The Hall–Kier alpha value is -4.71. The summed E-state index contributed by atoms with van der Waals surface area (Å²) in [6.07, 6.45) is 3.02. The van der Waals surface area contributed by atoms with Crippen LogP contribution in [0.4, 0.5) is 0 Å². The van der Waals surface area contributed by atoms with Crippen molar-refractivity contribution in [2.75, 3.05) is 0 Å². The molecule has 0 atom stereocenters. The zero-order valence-electron chi connectivity index (χ0n) is 17.2. The lowest BCUT2D eigenvalue weighted by Crippen LogP contribution is -2.35. The Kier molecular flexibility index (Phi) is 5.76. The third kappa shape index (κ3) is 4.24. The van der Waals surface area contributed by atoms with E-state index in [-0.39, 0.29) is 11.5 Å². The van der Waals surface area contributed by atoms with Crippen LogP contribution >= 0.6 is 0 Å². The van der Waals surface area contributed by atoms with Gasteiger partial charge in [0.05, 0.1) is 40.8 Å². The molecule has 3 aromatic rings. The van der Waals surface area contributed by atoms with E-state index in [0.29, 0.717) is 40.3 Å². The van der Waals surface area contributed by atoms with Gasteiger partial charge >= 0.3 is 0 Å². The maximum absolute atomic E-state index is 9.31. The number of aromatic nitrogens is 3. The third-order valence-corrected chi connectivity index (χ3v) is 4.70. The molecule has 2 aromatic heterocycles. The van der Waals surface area contributed by atoms with Gasteiger partial charge in [-0.2, -0.15) is 10.4 Å². The lowest BCUT2D eigenvalue weighted by Gasteiger charge is -2.20. The van der Waals surface area contributed by atoms with Crippen LogP contribution in [0.3, 0.4) is 0 Å². The van der Waals surface area contributed by atoms with Gasteiger partial charge in [-0.25, -0.2) is 15.0 Å². The minimum Gasteiger partial charge on any atom is -0.382 e. The van der Waals surface area contributed by atoms with Gasteiger partial charge < -0.3 is 11.2 Å². The molecule has 0 fully saturated rings. The molecule has 3 heterocycles. The Balaban J connectivity index is 1.83. The minimum atomic E-state index is -0.0245. The summed E-state index contributed by atoms with van der Waals surface area (Å²) >= 11 is 0. The van der Waals surface area contributed by atoms with Gasteiger partial charge in [-0.15, -0.1) is 0 Å². The predicted octanol–water partition coefficient (Wildman–Crippen LogP) is 2.46. The number of aryl methyl sites for hydroxylation is 1. The number of hydrazone groups is 1. The predicted molar refractivity (Wildman–Crippen MR) is 123 cm³/mol. The molecule has 1 aliphatic heterocycles. The van der Waals surface area contributed by atoms with Gasteiger partial charge in [0.25, 0.3) is 0 Å². The number of pyridine rings is 1. The van der Waals surface area contributed by atoms with E-state index in [1.165, 1.54) is 6.33 Å². The zero-order valence-corrected chi connectivity index (χ0v) is 17.2. The van der Waals surface area contributed by atoms with Gasteiger partial charge in [0.1, 0.15) is 17.8 Å². The maximum atomic E-state index is 9.31. The van der Waals surface area contributed by atoms with Crippen molar-refractivity contribution in [3.63, 3.8) is 0 Å². The summed E-state index contributed by atoms with van der Waals surface area (Å²) < 4.78 is 0. The monoisotopic (exact) mass is 421 g/mol. The van der Waals surface area contributed by atoms with Gasteiger partial charge in [-0.05, 0) is 37.3 Å². The summed E-state index contributed by atoms with van der Waals surface area (Å²) in [5.41, 5.74) is 13.7. The van der Waals surface area contributed by atoms with E-state index in [1.54, 1.807) is 30.5 Å². The van der Waals surface area contributed by atoms with E-state index in [4.69, 9.17) is 11.1 Å². The van der Waals surface area contributed by atoms with Gasteiger partial charge in [0.15, 0.2) is 5.84 Å². The molecule has 0 amide bonds. The van der Waals surface area contributed by atoms with E-state index < -0.39 is 0 Å². The fourth-order valence-electron chi connectivity index (χ4n) is 3.23. The molecule has 0 aliphatic carbocycles. The summed E-state index contributed by atoms with van der Waals surface area (Å²) in [4.78, 5) is 17.2. The van der Waals surface area contributed by atoms with Crippen molar-refractivity contribution in [2.45, 2.75) is 13.5 Å². The number of rotatable bonds is 5. The van der Waals surface area contributed by atoms with Crippen molar-refractivity contribution in [1.29, 1.82) is 10.7 Å². The molecule has 1 aliphatic rings. The molecule has 9 heteroatoms. The first-order valence-corrected chi connectivity index (χ1v) is 9.75. The number of allylic oxidation sites excluding steroid dienone is 1. The second kappa shape index (κ2) is 8.97. The molecule has 0 spiro atoms. The van der Waals surface area contributed by atoms with Gasteiger partial charge in [-0.3, -0.25) is 10.4 Å². The summed E-state index contributed by atoms with van der Waals surface area (Å²) in [5, 5.41) is 22.3. The van der Waals surface area contributed by atoms with Crippen molar-refractivity contribution in [1.82, 2.24) is 20.4 Å². The molecule has 0 saturated heterocycles. The minimum absolute atomic E-state index is 0.0226. The fraction of sp³-hybridized carbons (Fsp3) is 0.0870. The van der Waals surface area contributed by atoms with Crippen LogP contribution < -0.4 is 11.2 Å². The van der Waals surface area contributed by atoms with Crippen LogP contribution in [-0.4, -0.2) is 32.2 Å². The second-order valence-corrected chi connectivity index (χ2v) is 6.95. The second-order valence-electron chi connectivity index (χ2n) is 6.95. The number of hydrogen-bond donors (Lipinski definition) is 3. The average molecular weight is 421 g/mol. The smallest absolute Gasteiger partial charge is 0.151 e. The van der Waals surface area contributed by atoms with E-state index >= 15 is 0 Å². The number of aliphatic imine (C=N–C) groups is 1. The molecule has 0 radical (unpaired) electrons. The Morgan fingerprint density at radius 3 is 2.78 bits per heavy atom. The van der Waals surface area contributed by atoms with Crippen LogP contribution in [0, 0.1) is 23.7 Å². The topological polar surface area (TPSA) is 149 Å². The molecule has 32 heavy (non-hydrogen) atoms. The quantitative estimate of drug-likeness (QED) is 0.539. The van der Waals surface area contributed by atoms with E-state index in [2.05, 4.69) is 36.5 Å². The van der Waals surface area contributed by atoms with Crippen LogP contribution in [-0.2, 0) is 6.54 Å². The Labute approximate surface area is 184 Å². The molecule has 9 nitrogen and oxygen atoms in total. The Morgan fingerprint density at radius 1 is 1.19 bits per heavy atom. The largest absolute Gasteiger partial charge is 0.382 e. The van der Waals surface area contributed by atoms with Crippen LogP contribution in [0.2, 0.25) is 0 Å². The van der Waals surface area contributed by atoms with Crippen LogP contribution in [0.15, 0.2) is 71.1 Å². The standard InChI is InChI=1S/C23H19N9/c1-14-4-2-7-17(30-14)12-29-32-22-19(18-8-9-27-13-28-18)21(31-23(26)20(22)25)16-6-3-5-15(10-16)11-24/h2-10,13,25,29H,12H2,1H3,(H2,26,31)/b25-20?,32-22-. The van der Waals surface area contributed by atoms with E-state index in [1.807, 2.05) is 31.2 Å². The van der Waals surface area contributed by atoms with Crippen molar-refractivity contribution < 1.29 is 0 Å². The van der Waals surface area contributed by atoms with Crippen molar-refractivity contribution in [3.05, 3.63) is 89.3 Å². The molecule has 0 bridgehead atoms. The van der Waals surface area contributed by atoms with E-state index in [9.17, 15) is 5.26 Å². The average Bonchev–Trinajstić information content (AvgIpc) is 2.82. The fourth-order valence-corrected chi connectivity index (χ4v) is 3.23. The molecule has 0 unspecified atom stereocenters. The first-order chi connectivity index (χ1) is 15.6. The third-order valence-electron chi connectivity index (χ3n) is 4.70.